The fraction of sp³-hybridized carbons (Fsp3) is 0.0909. The molecule has 306 valence electrons. The number of rotatable bonds is 5. The van der Waals surface area contributed by atoms with Crippen molar-refractivity contribution in [1.82, 2.24) is 4.57 Å². The zero-order chi connectivity index (χ0) is 42.8. The molecule has 2 heterocycles. The summed E-state index contributed by atoms with van der Waals surface area (Å²) in [6.45, 7) is 0. The third-order valence-corrected chi connectivity index (χ3v) is 13.3. The lowest BCUT2D eigenvalue weighted by Crippen LogP contribution is -2.40. The van der Waals surface area contributed by atoms with E-state index in [-0.39, 0.29) is 5.92 Å². The van der Waals surface area contributed by atoms with Gasteiger partial charge in [0, 0.05) is 34.2 Å². The Morgan fingerprint density at radius 3 is 1.63 bits per heavy atom. The quantitative estimate of drug-likeness (QED) is 0.135. The van der Waals surface area contributed by atoms with E-state index < -0.39 is 29.0 Å². The number of halogens is 6. The van der Waals surface area contributed by atoms with Crippen molar-refractivity contribution in [3.05, 3.63) is 204 Å². The Morgan fingerprint density at radius 1 is 0.508 bits per heavy atom. The van der Waals surface area contributed by atoms with Crippen LogP contribution in [-0.4, -0.2) is 10.1 Å². The van der Waals surface area contributed by atoms with Gasteiger partial charge in [0.15, 0.2) is 0 Å². The van der Waals surface area contributed by atoms with Crippen molar-refractivity contribution in [2.24, 2.45) is 0 Å². The molecule has 8 heteroatoms. The Bertz CT molecular complexity index is 3410. The van der Waals surface area contributed by atoms with E-state index in [9.17, 15) is 26.3 Å². The number of alkyl halides is 6. The number of fused-ring (bicyclic) bond motifs is 6. The maximum atomic E-state index is 13.9. The number of aromatic nitrogens is 1. The molecule has 0 radical (unpaired) electrons. The Kier molecular flexibility index (Phi) is 7.93. The largest absolute Gasteiger partial charge is 0.416 e. The number of allylic oxidation sites excluding steroid dienone is 2. The number of hydrogen-bond donors (Lipinski definition) is 1. The SMILES string of the molecule is FC(F)(F)c1ccc(-c2cc(-c3ccc(C(F)(F)F)cc3)c3ccc4c(-n5c6ccccc6c6ccccc65)cc(CC56C=CC=CC5c5ccccc5N6)c5ccc2c3c54)cc1. The highest BCUT2D eigenvalue weighted by Gasteiger charge is 2.44. The van der Waals surface area contributed by atoms with Gasteiger partial charge in [-0.2, -0.15) is 26.3 Å². The lowest BCUT2D eigenvalue weighted by Gasteiger charge is -2.35. The van der Waals surface area contributed by atoms with Crippen LogP contribution in [0.5, 0.6) is 0 Å². The molecule has 0 fully saturated rings. The van der Waals surface area contributed by atoms with E-state index in [0.29, 0.717) is 28.7 Å². The minimum absolute atomic E-state index is 0.0616. The van der Waals surface area contributed by atoms with Crippen LogP contribution in [0.3, 0.4) is 0 Å². The molecule has 2 atom stereocenters. The highest BCUT2D eigenvalue weighted by Crippen LogP contribution is 2.51. The summed E-state index contributed by atoms with van der Waals surface area (Å²) in [7, 11) is 0. The predicted molar refractivity (Wildman–Crippen MR) is 243 cm³/mol. The summed E-state index contributed by atoms with van der Waals surface area (Å²) in [4.78, 5) is 0. The molecule has 2 aliphatic rings. The van der Waals surface area contributed by atoms with Gasteiger partial charge in [-0.05, 0) is 115 Å². The molecule has 1 aliphatic heterocycles. The van der Waals surface area contributed by atoms with Crippen molar-refractivity contribution >= 4 is 59.8 Å². The first kappa shape index (κ1) is 37.4. The molecule has 9 aromatic carbocycles. The zero-order valence-corrected chi connectivity index (χ0v) is 33.3. The molecule has 0 bridgehead atoms. The number of benzene rings is 9. The van der Waals surface area contributed by atoms with Crippen LogP contribution in [0, 0.1) is 0 Å². The van der Waals surface area contributed by atoms with E-state index in [2.05, 4.69) is 101 Å². The number of anilines is 1. The number of hydrogen-bond acceptors (Lipinski definition) is 1. The Labute approximate surface area is 357 Å². The van der Waals surface area contributed by atoms with Crippen molar-refractivity contribution in [2.45, 2.75) is 30.2 Å². The smallest absolute Gasteiger partial charge is 0.375 e. The van der Waals surface area contributed by atoms with Gasteiger partial charge in [0.25, 0.3) is 0 Å². The van der Waals surface area contributed by atoms with Gasteiger partial charge in [-0.15, -0.1) is 0 Å². The van der Waals surface area contributed by atoms with E-state index in [4.69, 9.17) is 0 Å². The Balaban J connectivity index is 1.20. The molecule has 10 aromatic rings. The molecule has 1 aliphatic carbocycles. The molecule has 1 aromatic heterocycles. The van der Waals surface area contributed by atoms with E-state index in [0.717, 1.165) is 95.3 Å². The van der Waals surface area contributed by atoms with Crippen LogP contribution in [-0.2, 0) is 18.8 Å². The normalized spacial score (nSPS) is 17.3. The molecule has 0 saturated carbocycles. The summed E-state index contributed by atoms with van der Waals surface area (Å²) < 4.78 is 85.5. The van der Waals surface area contributed by atoms with Gasteiger partial charge < -0.3 is 9.88 Å². The van der Waals surface area contributed by atoms with Crippen molar-refractivity contribution in [3.63, 3.8) is 0 Å². The van der Waals surface area contributed by atoms with Crippen molar-refractivity contribution < 1.29 is 26.3 Å². The average Bonchev–Trinajstić information content (AvgIpc) is 3.81. The summed E-state index contributed by atoms with van der Waals surface area (Å²) in [5.74, 6) is 0.0616. The second kappa shape index (κ2) is 13.3. The third-order valence-electron chi connectivity index (χ3n) is 13.3. The maximum Gasteiger partial charge on any atom is 0.416 e. The van der Waals surface area contributed by atoms with Gasteiger partial charge in [-0.1, -0.05) is 127 Å². The van der Waals surface area contributed by atoms with Gasteiger partial charge >= 0.3 is 12.4 Å². The number of nitrogens with one attached hydrogen (secondary N) is 1. The predicted octanol–water partition coefficient (Wildman–Crippen LogP) is 15.7. The Morgan fingerprint density at radius 2 is 1.03 bits per heavy atom. The first-order valence-corrected chi connectivity index (χ1v) is 20.8. The van der Waals surface area contributed by atoms with Crippen molar-refractivity contribution in [1.29, 1.82) is 0 Å². The van der Waals surface area contributed by atoms with Gasteiger partial charge in [0.1, 0.15) is 0 Å². The van der Waals surface area contributed by atoms with Crippen LogP contribution in [0.25, 0.3) is 82.1 Å². The topological polar surface area (TPSA) is 17.0 Å². The highest BCUT2D eigenvalue weighted by atomic mass is 19.4. The summed E-state index contributed by atoms with van der Waals surface area (Å²) in [5, 5.41) is 11.6. The van der Waals surface area contributed by atoms with Gasteiger partial charge in [-0.25, -0.2) is 0 Å². The van der Waals surface area contributed by atoms with Crippen LogP contribution in [0.2, 0.25) is 0 Å². The summed E-state index contributed by atoms with van der Waals surface area (Å²) in [6, 6.07) is 48.0. The molecule has 2 unspecified atom stereocenters. The first-order valence-electron chi connectivity index (χ1n) is 20.8. The van der Waals surface area contributed by atoms with Crippen LogP contribution < -0.4 is 5.32 Å². The van der Waals surface area contributed by atoms with E-state index in [1.54, 1.807) is 0 Å². The van der Waals surface area contributed by atoms with Crippen LogP contribution >= 0.6 is 0 Å². The average molecular weight is 837 g/mol. The van der Waals surface area contributed by atoms with E-state index in [1.807, 2.05) is 42.5 Å². The molecular weight excluding hydrogens is 803 g/mol. The van der Waals surface area contributed by atoms with E-state index >= 15 is 0 Å². The van der Waals surface area contributed by atoms with Crippen molar-refractivity contribution in [3.8, 4) is 27.9 Å². The molecule has 12 rings (SSSR count). The third kappa shape index (κ3) is 5.66. The summed E-state index contributed by atoms with van der Waals surface area (Å²) in [6.07, 6.45) is 0.296. The molecule has 0 amide bonds. The minimum atomic E-state index is -4.52. The standard InChI is InChI=1S/C55H34F6N2/c56-54(57,58)35-20-16-32(17-21-35)44-30-45(33-18-22-36(23-19-33)55(59,60)61)41-26-27-43-50(63-48-14-5-2-9-38(48)39-10-3-6-15-49(39)63)29-34(37-24-25-40(44)52(41)51(37)43)31-53-28-8-7-12-46(53)42-11-1-4-13-47(42)62-53/h1-30,46,62H,31H2. The number of para-hydroxylation sites is 3. The van der Waals surface area contributed by atoms with Gasteiger partial charge in [0.2, 0.25) is 0 Å². The molecule has 0 spiro atoms. The second-order valence-corrected chi connectivity index (χ2v) is 16.8. The lowest BCUT2D eigenvalue weighted by molar-refractivity contribution is -0.138. The van der Waals surface area contributed by atoms with Crippen LogP contribution in [0.1, 0.15) is 28.2 Å². The fourth-order valence-corrected chi connectivity index (χ4v) is 10.6. The van der Waals surface area contributed by atoms with Crippen LogP contribution in [0.15, 0.2) is 182 Å². The van der Waals surface area contributed by atoms with Gasteiger partial charge in [0.05, 0.1) is 33.4 Å². The Hall–Kier alpha value is -7.32. The molecule has 63 heavy (non-hydrogen) atoms. The van der Waals surface area contributed by atoms with E-state index in [1.165, 1.54) is 29.8 Å². The first-order chi connectivity index (χ1) is 30.5. The number of nitrogens with zero attached hydrogens (tertiary/aromatic N) is 1. The summed E-state index contributed by atoms with van der Waals surface area (Å²) >= 11 is 0. The minimum Gasteiger partial charge on any atom is -0.375 e. The highest BCUT2D eigenvalue weighted by molar-refractivity contribution is 6.30. The second-order valence-electron chi connectivity index (χ2n) is 16.8. The maximum absolute atomic E-state index is 13.9. The van der Waals surface area contributed by atoms with Crippen molar-refractivity contribution in [2.75, 3.05) is 5.32 Å². The molecule has 2 nitrogen and oxygen atoms in total. The molecule has 1 N–H and O–H groups in total. The van der Waals surface area contributed by atoms with Crippen LogP contribution in [0.4, 0.5) is 32.0 Å². The zero-order valence-electron chi connectivity index (χ0n) is 33.3. The lowest BCUT2D eigenvalue weighted by atomic mass is 9.74. The van der Waals surface area contributed by atoms with Gasteiger partial charge in [-0.3, -0.25) is 0 Å². The molecule has 0 saturated heterocycles. The molecular formula is C55H34F6N2. The summed E-state index contributed by atoms with van der Waals surface area (Å²) in [5.41, 5.74) is 6.91. The monoisotopic (exact) mass is 836 g/mol. The fourth-order valence-electron chi connectivity index (χ4n) is 10.6.